The lowest BCUT2D eigenvalue weighted by molar-refractivity contribution is 0.0597. The Kier molecular flexibility index (Phi) is 4.40. The van der Waals surface area contributed by atoms with Crippen LogP contribution >= 0.6 is 0 Å². The predicted octanol–water partition coefficient (Wildman–Crippen LogP) is 2.35. The van der Waals surface area contributed by atoms with E-state index in [1.165, 1.54) is 7.11 Å². The first-order chi connectivity index (χ1) is 9.65. The molecule has 0 atom stereocenters. The van der Waals surface area contributed by atoms with Gasteiger partial charge in [-0.25, -0.2) is 4.79 Å². The maximum atomic E-state index is 11.8. The molecule has 0 saturated heterocycles. The van der Waals surface area contributed by atoms with Gasteiger partial charge in [0.15, 0.2) is 0 Å². The zero-order valence-electron chi connectivity index (χ0n) is 11.9. The topological polar surface area (TPSA) is 53.4 Å². The second-order valence-corrected chi connectivity index (χ2v) is 4.40. The average molecular weight is 274 g/mol. The third kappa shape index (κ3) is 2.99. The van der Waals surface area contributed by atoms with Gasteiger partial charge >= 0.3 is 5.97 Å². The summed E-state index contributed by atoms with van der Waals surface area (Å²) in [5.41, 5.74) is 2.47. The lowest BCUT2D eigenvalue weighted by Gasteiger charge is -2.12. The van der Waals surface area contributed by atoms with Crippen LogP contribution in [0.2, 0.25) is 0 Å². The van der Waals surface area contributed by atoms with Crippen LogP contribution in [0.15, 0.2) is 30.5 Å². The van der Waals surface area contributed by atoms with Gasteiger partial charge in [-0.05, 0) is 18.1 Å². The molecule has 1 heterocycles. The number of nitrogens with zero attached hydrogens (tertiary/aromatic N) is 2. The molecule has 0 radical (unpaired) electrons. The Morgan fingerprint density at radius 1 is 1.35 bits per heavy atom. The summed E-state index contributed by atoms with van der Waals surface area (Å²) in [6.07, 6.45) is 2.63. The van der Waals surface area contributed by atoms with Crippen molar-refractivity contribution in [3.8, 4) is 5.88 Å². The number of benzene rings is 1. The molecule has 0 N–H and O–H groups in total. The van der Waals surface area contributed by atoms with Gasteiger partial charge in [-0.2, -0.15) is 0 Å². The lowest BCUT2D eigenvalue weighted by atomic mass is 10.00. The van der Waals surface area contributed by atoms with E-state index in [1.807, 2.05) is 32.3 Å². The molecule has 106 valence electrons. The third-order valence-electron chi connectivity index (χ3n) is 3.11. The van der Waals surface area contributed by atoms with Crippen LogP contribution in [0.25, 0.3) is 0 Å². The van der Waals surface area contributed by atoms with Gasteiger partial charge in [0.05, 0.1) is 12.7 Å². The normalized spacial score (nSPS) is 10.3. The van der Waals surface area contributed by atoms with Crippen LogP contribution < -0.4 is 4.74 Å². The van der Waals surface area contributed by atoms with Crippen molar-refractivity contribution in [1.82, 2.24) is 9.78 Å². The van der Waals surface area contributed by atoms with Crippen LogP contribution in [0.3, 0.4) is 0 Å². The van der Waals surface area contributed by atoms with Crippen molar-refractivity contribution in [1.29, 1.82) is 0 Å². The summed E-state index contributed by atoms with van der Waals surface area (Å²) < 4.78 is 12.1. The molecular formula is C15H18N2O3. The Morgan fingerprint density at radius 3 is 2.75 bits per heavy atom. The van der Waals surface area contributed by atoms with Gasteiger partial charge in [0, 0.05) is 24.9 Å². The molecular weight excluding hydrogens is 256 g/mol. The number of ether oxygens (including phenoxy) is 2. The van der Waals surface area contributed by atoms with Crippen molar-refractivity contribution >= 4 is 5.97 Å². The molecule has 2 rings (SSSR count). The molecule has 5 heteroatoms. The monoisotopic (exact) mass is 274 g/mol. The predicted molar refractivity (Wildman–Crippen MR) is 74.7 cm³/mol. The average Bonchev–Trinajstić information content (AvgIpc) is 2.89. The fourth-order valence-corrected chi connectivity index (χ4v) is 2.05. The minimum Gasteiger partial charge on any atom is -0.472 e. The van der Waals surface area contributed by atoms with Crippen LogP contribution in [-0.2, 0) is 24.8 Å². The number of hydrogen-bond acceptors (Lipinski definition) is 4. The first-order valence-electron chi connectivity index (χ1n) is 6.47. The second-order valence-electron chi connectivity index (χ2n) is 4.40. The highest BCUT2D eigenvalue weighted by molar-refractivity contribution is 5.91. The van der Waals surface area contributed by atoms with E-state index in [1.54, 1.807) is 16.8 Å². The van der Waals surface area contributed by atoms with Gasteiger partial charge in [0.2, 0.25) is 5.88 Å². The van der Waals surface area contributed by atoms with E-state index in [0.717, 1.165) is 17.5 Å². The van der Waals surface area contributed by atoms with E-state index in [0.29, 0.717) is 18.1 Å². The number of esters is 1. The SMILES string of the molecule is CCc1cccc(C(=O)OC)c1COc1ccn(C)n1. The minimum absolute atomic E-state index is 0.297. The van der Waals surface area contributed by atoms with Crippen LogP contribution in [-0.4, -0.2) is 22.9 Å². The molecule has 20 heavy (non-hydrogen) atoms. The van der Waals surface area contributed by atoms with Crippen LogP contribution in [0, 0.1) is 0 Å². The van der Waals surface area contributed by atoms with E-state index in [9.17, 15) is 4.79 Å². The van der Waals surface area contributed by atoms with Gasteiger partial charge in [0.25, 0.3) is 0 Å². The number of aromatic nitrogens is 2. The van der Waals surface area contributed by atoms with Crippen molar-refractivity contribution in [3.63, 3.8) is 0 Å². The molecule has 0 saturated carbocycles. The molecule has 0 amide bonds. The maximum absolute atomic E-state index is 11.8. The smallest absolute Gasteiger partial charge is 0.338 e. The molecule has 0 bridgehead atoms. The summed E-state index contributed by atoms with van der Waals surface area (Å²) >= 11 is 0. The minimum atomic E-state index is -0.347. The van der Waals surface area contributed by atoms with E-state index in [2.05, 4.69) is 5.10 Å². The zero-order chi connectivity index (χ0) is 14.5. The molecule has 0 spiro atoms. The molecule has 5 nitrogen and oxygen atoms in total. The molecule has 2 aromatic rings. The van der Waals surface area contributed by atoms with Crippen molar-refractivity contribution in [3.05, 3.63) is 47.2 Å². The summed E-state index contributed by atoms with van der Waals surface area (Å²) in [6, 6.07) is 7.38. The number of rotatable bonds is 5. The summed E-state index contributed by atoms with van der Waals surface area (Å²) in [5.74, 6) is 0.189. The molecule has 1 aromatic carbocycles. The molecule has 0 fully saturated rings. The number of hydrogen-bond donors (Lipinski definition) is 0. The van der Waals surface area contributed by atoms with Crippen LogP contribution in [0.4, 0.5) is 0 Å². The molecule has 0 unspecified atom stereocenters. The van der Waals surface area contributed by atoms with Crippen molar-refractivity contribution < 1.29 is 14.3 Å². The van der Waals surface area contributed by atoms with Gasteiger partial charge < -0.3 is 9.47 Å². The first-order valence-corrected chi connectivity index (χ1v) is 6.47. The third-order valence-corrected chi connectivity index (χ3v) is 3.11. The highest BCUT2D eigenvalue weighted by Crippen LogP contribution is 2.19. The largest absolute Gasteiger partial charge is 0.472 e. The maximum Gasteiger partial charge on any atom is 0.338 e. The summed E-state index contributed by atoms with van der Waals surface area (Å²) in [4.78, 5) is 11.8. The molecule has 0 aliphatic carbocycles. The van der Waals surface area contributed by atoms with Crippen molar-refractivity contribution in [2.75, 3.05) is 7.11 Å². The van der Waals surface area contributed by atoms with Gasteiger partial charge in [0.1, 0.15) is 6.61 Å². The van der Waals surface area contributed by atoms with Crippen molar-refractivity contribution in [2.24, 2.45) is 7.05 Å². The highest BCUT2D eigenvalue weighted by Gasteiger charge is 2.15. The fourth-order valence-electron chi connectivity index (χ4n) is 2.05. The quantitative estimate of drug-likeness (QED) is 0.785. The Morgan fingerprint density at radius 2 is 2.15 bits per heavy atom. The summed E-state index contributed by atoms with van der Waals surface area (Å²) in [7, 11) is 3.21. The Bertz CT molecular complexity index is 605. The highest BCUT2D eigenvalue weighted by atomic mass is 16.5. The van der Waals surface area contributed by atoms with Crippen LogP contribution in [0.1, 0.15) is 28.4 Å². The van der Waals surface area contributed by atoms with Gasteiger partial charge in [-0.15, -0.1) is 5.10 Å². The molecule has 0 aliphatic rings. The number of carbonyl (C=O) groups excluding carboxylic acids is 1. The number of carbonyl (C=O) groups is 1. The Labute approximate surface area is 118 Å². The van der Waals surface area contributed by atoms with Crippen molar-refractivity contribution in [2.45, 2.75) is 20.0 Å². The fraction of sp³-hybridized carbons (Fsp3) is 0.333. The number of aryl methyl sites for hydroxylation is 2. The van der Waals surface area contributed by atoms with E-state index < -0.39 is 0 Å². The van der Waals surface area contributed by atoms with Gasteiger partial charge in [-0.3, -0.25) is 4.68 Å². The van der Waals surface area contributed by atoms with Gasteiger partial charge in [-0.1, -0.05) is 19.1 Å². The van der Waals surface area contributed by atoms with E-state index in [4.69, 9.17) is 9.47 Å². The molecule has 1 aromatic heterocycles. The van der Waals surface area contributed by atoms with Crippen LogP contribution in [0.5, 0.6) is 5.88 Å². The first kappa shape index (κ1) is 14.1. The number of methoxy groups -OCH3 is 1. The summed E-state index contributed by atoms with van der Waals surface area (Å²) in [5, 5.41) is 4.15. The molecule has 0 aliphatic heterocycles. The zero-order valence-corrected chi connectivity index (χ0v) is 11.9. The standard InChI is InChI=1S/C15H18N2O3/c1-4-11-6-5-7-12(15(18)19-3)13(11)10-20-14-8-9-17(2)16-14/h5-9H,4,10H2,1-3H3. The summed E-state index contributed by atoms with van der Waals surface area (Å²) in [6.45, 7) is 2.34. The second kappa shape index (κ2) is 6.23. The Hall–Kier alpha value is -2.30. The Balaban J connectivity index is 2.26. The van der Waals surface area contributed by atoms with E-state index >= 15 is 0 Å². The van der Waals surface area contributed by atoms with E-state index in [-0.39, 0.29) is 5.97 Å². The lowest BCUT2D eigenvalue weighted by Crippen LogP contribution is -2.10.